The van der Waals surface area contributed by atoms with Crippen LogP contribution >= 0.6 is 15.9 Å². The number of ketones is 1. The molecular weight excluding hydrogens is 312 g/mol. The molecule has 0 radical (unpaired) electrons. The highest BCUT2D eigenvalue weighted by molar-refractivity contribution is 9.09. The Morgan fingerprint density at radius 2 is 1.80 bits per heavy atom. The molecule has 102 valence electrons. The first-order chi connectivity index (χ1) is 9.16. The van der Waals surface area contributed by atoms with Crippen molar-refractivity contribution in [2.75, 3.05) is 0 Å². The van der Waals surface area contributed by atoms with Gasteiger partial charge in [0.1, 0.15) is 0 Å². The van der Waals surface area contributed by atoms with Crippen LogP contribution in [0.5, 0.6) is 0 Å². The van der Waals surface area contributed by atoms with Crippen molar-refractivity contribution in [3.63, 3.8) is 0 Å². The van der Waals surface area contributed by atoms with E-state index < -0.39 is 0 Å². The zero-order valence-corrected chi connectivity index (χ0v) is 12.1. The summed E-state index contributed by atoms with van der Waals surface area (Å²) in [4.78, 5) is 12.4. The van der Waals surface area contributed by atoms with Crippen LogP contribution in [-0.4, -0.2) is 5.78 Å². The van der Waals surface area contributed by atoms with Gasteiger partial charge in [0.15, 0.2) is 5.78 Å². The maximum atomic E-state index is 12.4. The van der Waals surface area contributed by atoms with E-state index in [2.05, 4.69) is 22.0 Å². The van der Waals surface area contributed by atoms with E-state index in [-0.39, 0.29) is 18.0 Å². The van der Waals surface area contributed by atoms with Gasteiger partial charge in [-0.1, -0.05) is 77.5 Å². The number of rotatable bonds is 1. The van der Waals surface area contributed by atoms with Gasteiger partial charge in [0.25, 0.3) is 0 Å². The molecule has 2 heteroatoms. The number of benzene rings is 2. The van der Waals surface area contributed by atoms with Gasteiger partial charge >= 0.3 is 0 Å². The van der Waals surface area contributed by atoms with Crippen LogP contribution in [0.25, 0.3) is 6.08 Å². The van der Waals surface area contributed by atoms with Crippen LogP contribution in [0, 0.1) is 6.92 Å². The predicted molar refractivity (Wildman–Crippen MR) is 88.3 cm³/mol. The van der Waals surface area contributed by atoms with Crippen LogP contribution in [0.3, 0.4) is 0 Å². The molecule has 0 aliphatic heterocycles. The number of Topliss-reactive ketones (excluding diaryl/α,β-unsaturated/α-hetero) is 1. The van der Waals surface area contributed by atoms with Crippen LogP contribution in [0.4, 0.5) is 0 Å². The molecule has 1 atom stereocenters. The molecule has 0 aromatic heterocycles. The summed E-state index contributed by atoms with van der Waals surface area (Å²) in [5.74, 6) is 0.126. The lowest BCUT2D eigenvalue weighted by molar-refractivity contribution is 0.104. The largest absolute Gasteiger partial charge is 0.289 e. The van der Waals surface area contributed by atoms with Crippen molar-refractivity contribution in [1.82, 2.24) is 0 Å². The van der Waals surface area contributed by atoms with Gasteiger partial charge in [-0.3, -0.25) is 4.79 Å². The monoisotopic (exact) mass is 328 g/mol. The number of hydrogen-bond donors (Lipinski definition) is 0. The van der Waals surface area contributed by atoms with E-state index in [9.17, 15) is 4.79 Å². The fraction of sp³-hybridized carbons (Fsp3) is 0.167. The summed E-state index contributed by atoms with van der Waals surface area (Å²) in [6.07, 6.45) is 1.97. The number of halogens is 1. The summed E-state index contributed by atoms with van der Waals surface area (Å²) in [6, 6.07) is 15.9. The van der Waals surface area contributed by atoms with Crippen molar-refractivity contribution in [1.29, 1.82) is 0 Å². The first-order valence-electron chi connectivity index (χ1n) is 6.23. The number of fused-ring (bicyclic) bond motifs is 1. The summed E-state index contributed by atoms with van der Waals surface area (Å²) in [5, 5.41) is 0. The Morgan fingerprint density at radius 1 is 1.10 bits per heavy atom. The molecule has 0 N–H and O–H groups in total. The molecule has 1 unspecified atom stereocenters. The summed E-state index contributed by atoms with van der Waals surface area (Å²) in [6.45, 7) is 2.05. The highest BCUT2D eigenvalue weighted by Crippen LogP contribution is 2.42. The number of hydrogen-bond acceptors (Lipinski definition) is 1. The molecule has 3 rings (SSSR count). The number of alkyl halides is 1. The molecule has 1 aliphatic rings. The average molecular weight is 329 g/mol. The molecule has 1 nitrogen and oxygen atoms in total. The average Bonchev–Trinajstić information content (AvgIpc) is 2.65. The Morgan fingerprint density at radius 3 is 2.50 bits per heavy atom. The number of aryl methyl sites for hydroxylation is 1. The van der Waals surface area contributed by atoms with Crippen LogP contribution < -0.4 is 0 Å². The molecule has 0 heterocycles. The highest BCUT2D eigenvalue weighted by Gasteiger charge is 2.32. The third kappa shape index (κ3) is 2.48. The number of allylic oxidation sites excluding steroid dienone is 1. The van der Waals surface area contributed by atoms with Gasteiger partial charge in [-0.25, -0.2) is 0 Å². The summed E-state index contributed by atoms with van der Waals surface area (Å²) in [5.41, 5.74) is 4.94. The summed E-state index contributed by atoms with van der Waals surface area (Å²) >= 11 is 3.65. The van der Waals surface area contributed by atoms with Gasteiger partial charge in [0.05, 0.1) is 4.83 Å². The molecule has 0 spiro atoms. The molecule has 0 saturated heterocycles. The maximum absolute atomic E-state index is 12.4. The zero-order valence-electron chi connectivity index (χ0n) is 10.6. The lowest BCUT2D eigenvalue weighted by Crippen LogP contribution is -1.95. The Balaban J connectivity index is 0.00000147. The van der Waals surface area contributed by atoms with Crippen molar-refractivity contribution < 1.29 is 4.79 Å². The molecule has 0 bridgehead atoms. The first-order valence-corrected chi connectivity index (χ1v) is 7.14. The standard InChI is InChI=1S/C17H13BrO.CH4/c1-11-7-8-13-14(9-11)16(18)15(17(13)19)10-12-5-3-2-4-6-12;/h2-10,16H,1H3;1H4/b15-10+;. The molecule has 0 fully saturated rings. The van der Waals surface area contributed by atoms with Crippen molar-refractivity contribution >= 4 is 27.8 Å². The third-order valence-corrected chi connectivity index (χ3v) is 4.37. The zero-order chi connectivity index (χ0) is 13.4. The quantitative estimate of drug-likeness (QED) is 0.509. The molecule has 1 aliphatic carbocycles. The van der Waals surface area contributed by atoms with Gasteiger partial charge in [-0.2, -0.15) is 0 Å². The minimum Gasteiger partial charge on any atom is -0.289 e. The molecular formula is C18H17BrO. The Kier molecular flexibility index (Phi) is 4.24. The van der Waals surface area contributed by atoms with Gasteiger partial charge in [-0.05, 0) is 24.1 Å². The van der Waals surface area contributed by atoms with E-state index in [4.69, 9.17) is 0 Å². The number of carbonyl (C=O) groups is 1. The highest BCUT2D eigenvalue weighted by atomic mass is 79.9. The minimum atomic E-state index is -0.00453. The summed E-state index contributed by atoms with van der Waals surface area (Å²) in [7, 11) is 0. The Bertz CT molecular complexity index is 671. The fourth-order valence-corrected chi connectivity index (χ4v) is 3.12. The van der Waals surface area contributed by atoms with Gasteiger partial charge in [0.2, 0.25) is 0 Å². The fourth-order valence-electron chi connectivity index (χ4n) is 2.40. The van der Waals surface area contributed by atoms with Gasteiger partial charge < -0.3 is 0 Å². The SMILES string of the molecule is C.Cc1ccc2c(c1)C(Br)/C(=C\c1ccccc1)C2=O. The van der Waals surface area contributed by atoms with Crippen LogP contribution in [0.15, 0.2) is 54.1 Å². The van der Waals surface area contributed by atoms with Crippen molar-refractivity contribution in [3.8, 4) is 0 Å². The second-order valence-corrected chi connectivity index (χ2v) is 5.71. The molecule has 20 heavy (non-hydrogen) atoms. The van der Waals surface area contributed by atoms with E-state index in [1.165, 1.54) is 5.56 Å². The molecule has 0 amide bonds. The normalized spacial score (nSPS) is 18.8. The second kappa shape index (κ2) is 5.76. The van der Waals surface area contributed by atoms with E-state index in [1.807, 2.05) is 55.5 Å². The Labute approximate surface area is 128 Å². The molecule has 2 aromatic carbocycles. The van der Waals surface area contributed by atoms with Crippen molar-refractivity contribution in [2.24, 2.45) is 0 Å². The van der Waals surface area contributed by atoms with E-state index >= 15 is 0 Å². The smallest absolute Gasteiger partial charge is 0.190 e. The van der Waals surface area contributed by atoms with Gasteiger partial charge in [0, 0.05) is 11.1 Å². The molecule has 2 aromatic rings. The third-order valence-electron chi connectivity index (χ3n) is 3.38. The molecule has 0 saturated carbocycles. The second-order valence-electron chi connectivity index (χ2n) is 4.79. The van der Waals surface area contributed by atoms with E-state index in [1.54, 1.807) is 0 Å². The van der Waals surface area contributed by atoms with Gasteiger partial charge in [-0.15, -0.1) is 0 Å². The number of carbonyl (C=O) groups excluding carboxylic acids is 1. The van der Waals surface area contributed by atoms with Crippen LogP contribution in [0.2, 0.25) is 0 Å². The summed E-state index contributed by atoms with van der Waals surface area (Å²) < 4.78 is 0. The van der Waals surface area contributed by atoms with Crippen molar-refractivity contribution in [2.45, 2.75) is 19.2 Å². The maximum Gasteiger partial charge on any atom is 0.190 e. The van der Waals surface area contributed by atoms with Crippen LogP contribution in [-0.2, 0) is 0 Å². The Hall–Kier alpha value is -1.67. The first kappa shape index (κ1) is 14.7. The van der Waals surface area contributed by atoms with E-state index in [0.29, 0.717) is 0 Å². The van der Waals surface area contributed by atoms with Crippen molar-refractivity contribution in [3.05, 3.63) is 76.4 Å². The lowest BCUT2D eigenvalue weighted by Gasteiger charge is -2.04. The minimum absolute atomic E-state index is 0. The predicted octanol–water partition coefficient (Wildman–Crippen LogP) is 5.35. The topological polar surface area (TPSA) is 17.1 Å². The van der Waals surface area contributed by atoms with E-state index in [0.717, 1.165) is 22.3 Å². The lowest BCUT2D eigenvalue weighted by atomic mass is 10.1. The van der Waals surface area contributed by atoms with Crippen LogP contribution in [0.1, 0.15) is 39.3 Å².